The minimum Gasteiger partial charge on any atom is -0.299 e. The second-order valence-corrected chi connectivity index (χ2v) is 6.90. The van der Waals surface area contributed by atoms with E-state index in [-0.39, 0.29) is 0 Å². The Morgan fingerprint density at radius 2 is 2.05 bits per heavy atom. The molecule has 3 heterocycles. The molecule has 0 bridgehead atoms. The van der Waals surface area contributed by atoms with Gasteiger partial charge in [-0.25, -0.2) is 9.97 Å². The number of benzene rings is 1. The topological polar surface area (TPSA) is 29.0 Å². The van der Waals surface area contributed by atoms with Crippen molar-refractivity contribution in [1.82, 2.24) is 14.9 Å². The quantitative estimate of drug-likeness (QED) is 0.728. The van der Waals surface area contributed by atoms with Crippen molar-refractivity contribution in [3.63, 3.8) is 0 Å². The smallest absolute Gasteiger partial charge is 0.116 e. The van der Waals surface area contributed by atoms with Crippen molar-refractivity contribution in [2.75, 3.05) is 13.1 Å². The Balaban J connectivity index is 1.60. The second kappa shape index (κ2) is 6.15. The zero-order chi connectivity index (χ0) is 14.8. The summed E-state index contributed by atoms with van der Waals surface area (Å²) in [6.45, 7) is 3.53. The van der Waals surface area contributed by atoms with Gasteiger partial charge in [-0.05, 0) is 49.2 Å². The van der Waals surface area contributed by atoms with Crippen LogP contribution in [0, 0.1) is 6.20 Å². The Bertz CT molecular complexity index is 742. The Hall–Kier alpha value is -1.78. The molecule has 0 spiro atoms. The molecular formula is C18H18N3S. The predicted molar refractivity (Wildman–Crippen MR) is 90.8 cm³/mol. The monoisotopic (exact) mass is 308 g/mol. The Morgan fingerprint density at radius 3 is 2.91 bits per heavy atom. The highest BCUT2D eigenvalue weighted by molar-refractivity contribution is 7.22. The van der Waals surface area contributed by atoms with Crippen molar-refractivity contribution in [3.8, 4) is 10.4 Å². The first-order chi connectivity index (χ1) is 10.9. The van der Waals surface area contributed by atoms with E-state index >= 15 is 0 Å². The Morgan fingerprint density at radius 1 is 1.14 bits per heavy atom. The van der Waals surface area contributed by atoms with Gasteiger partial charge in [0.15, 0.2) is 0 Å². The van der Waals surface area contributed by atoms with Gasteiger partial charge in [-0.3, -0.25) is 4.90 Å². The van der Waals surface area contributed by atoms with Gasteiger partial charge < -0.3 is 0 Å². The molecule has 0 aliphatic carbocycles. The molecule has 4 heteroatoms. The Labute approximate surface area is 134 Å². The first-order valence-electron chi connectivity index (χ1n) is 7.82. The van der Waals surface area contributed by atoms with Crippen molar-refractivity contribution >= 4 is 21.6 Å². The minimum absolute atomic E-state index is 0.983. The summed E-state index contributed by atoms with van der Waals surface area (Å²) in [5.41, 5.74) is 3.65. The van der Waals surface area contributed by atoms with Crippen LogP contribution in [0.5, 0.6) is 0 Å². The lowest BCUT2D eigenvalue weighted by Crippen LogP contribution is -2.29. The molecule has 111 valence electrons. The number of hydrogen-bond acceptors (Lipinski definition) is 4. The fourth-order valence-electron chi connectivity index (χ4n) is 3.08. The van der Waals surface area contributed by atoms with Crippen LogP contribution in [0.4, 0.5) is 0 Å². The van der Waals surface area contributed by atoms with Crippen molar-refractivity contribution in [2.45, 2.75) is 25.8 Å². The van der Waals surface area contributed by atoms with Crippen LogP contribution in [0.3, 0.4) is 0 Å². The average Bonchev–Trinajstić information content (AvgIpc) is 3.00. The lowest BCUT2D eigenvalue weighted by molar-refractivity contribution is 0.221. The largest absolute Gasteiger partial charge is 0.299 e. The lowest BCUT2D eigenvalue weighted by Gasteiger charge is -2.26. The molecule has 4 rings (SSSR count). The zero-order valence-corrected chi connectivity index (χ0v) is 13.3. The normalized spacial score (nSPS) is 16.2. The van der Waals surface area contributed by atoms with Gasteiger partial charge in [-0.1, -0.05) is 24.6 Å². The Kier molecular flexibility index (Phi) is 3.87. The molecule has 1 saturated heterocycles. The zero-order valence-electron chi connectivity index (χ0n) is 12.5. The van der Waals surface area contributed by atoms with E-state index in [9.17, 15) is 0 Å². The molecule has 3 nitrogen and oxygen atoms in total. The summed E-state index contributed by atoms with van der Waals surface area (Å²) in [6.07, 6.45) is 8.64. The van der Waals surface area contributed by atoms with Crippen molar-refractivity contribution in [1.29, 1.82) is 0 Å². The molecule has 2 aromatic heterocycles. The number of thiophene rings is 1. The van der Waals surface area contributed by atoms with Crippen molar-refractivity contribution < 1.29 is 0 Å². The summed E-state index contributed by atoms with van der Waals surface area (Å²) >= 11 is 1.71. The van der Waals surface area contributed by atoms with Gasteiger partial charge >= 0.3 is 0 Å². The van der Waals surface area contributed by atoms with E-state index in [0.29, 0.717) is 0 Å². The van der Waals surface area contributed by atoms with E-state index in [2.05, 4.69) is 51.4 Å². The highest BCUT2D eigenvalue weighted by Gasteiger charge is 2.11. The first-order valence-corrected chi connectivity index (χ1v) is 8.64. The van der Waals surface area contributed by atoms with Crippen LogP contribution in [-0.4, -0.2) is 28.0 Å². The average molecular weight is 308 g/mol. The summed E-state index contributed by atoms with van der Waals surface area (Å²) in [7, 11) is 0. The van der Waals surface area contributed by atoms with Crippen molar-refractivity contribution in [2.24, 2.45) is 0 Å². The molecule has 0 atom stereocenters. The standard InChI is InChI=1S/C18H18N3S/c1-2-7-21(8-3-1)12-14-5-4-6-15(9-14)17-10-16-18(22-17)11-19-13-20-16/h4-6,9-10,13H,1-3,7-8,12H2. The van der Waals surface area contributed by atoms with Gasteiger partial charge in [0.1, 0.15) is 12.5 Å². The van der Waals surface area contributed by atoms with Crippen LogP contribution in [0.1, 0.15) is 24.8 Å². The van der Waals surface area contributed by atoms with E-state index in [1.54, 1.807) is 17.7 Å². The molecule has 0 N–H and O–H groups in total. The number of rotatable bonds is 3. The maximum atomic E-state index is 4.30. The number of likely N-dealkylation sites (tertiary alicyclic amines) is 1. The number of aromatic nitrogens is 2. The minimum atomic E-state index is 0.983. The molecular weight excluding hydrogens is 290 g/mol. The van der Waals surface area contributed by atoms with E-state index < -0.39 is 0 Å². The molecule has 1 aliphatic heterocycles. The van der Waals surface area contributed by atoms with Gasteiger partial charge in [0.25, 0.3) is 0 Å². The molecule has 1 aromatic carbocycles. The first kappa shape index (κ1) is 13.9. The number of fused-ring (bicyclic) bond motifs is 1. The van der Waals surface area contributed by atoms with Crippen LogP contribution in [0.2, 0.25) is 0 Å². The number of piperidine rings is 1. The molecule has 0 unspecified atom stereocenters. The SMILES string of the molecule is [c]1ncnc2cc(-c3cccc(CN4CCCCC4)c3)sc12. The van der Waals surface area contributed by atoms with E-state index in [0.717, 1.165) is 16.8 Å². The summed E-state index contributed by atoms with van der Waals surface area (Å²) in [5, 5.41) is 0. The maximum absolute atomic E-state index is 4.30. The molecule has 1 aliphatic rings. The second-order valence-electron chi connectivity index (χ2n) is 5.85. The maximum Gasteiger partial charge on any atom is 0.116 e. The van der Waals surface area contributed by atoms with E-state index in [1.807, 2.05) is 0 Å². The third-order valence-corrected chi connectivity index (χ3v) is 5.28. The summed E-state index contributed by atoms with van der Waals surface area (Å²) in [5.74, 6) is 0. The summed E-state index contributed by atoms with van der Waals surface area (Å²) in [6, 6.07) is 11.0. The highest BCUT2D eigenvalue weighted by Crippen LogP contribution is 2.32. The predicted octanol–water partition coefficient (Wildman–Crippen LogP) is 4.14. The number of hydrogen-bond donors (Lipinski definition) is 0. The van der Waals surface area contributed by atoms with E-state index in [4.69, 9.17) is 0 Å². The van der Waals surface area contributed by atoms with Crippen LogP contribution in [0.25, 0.3) is 20.7 Å². The molecule has 0 amide bonds. The third kappa shape index (κ3) is 2.89. The van der Waals surface area contributed by atoms with Gasteiger partial charge in [-0.2, -0.15) is 0 Å². The molecule has 3 aromatic rings. The lowest BCUT2D eigenvalue weighted by atomic mass is 10.1. The summed E-state index contributed by atoms with van der Waals surface area (Å²) in [4.78, 5) is 12.1. The highest BCUT2D eigenvalue weighted by atomic mass is 32.1. The van der Waals surface area contributed by atoms with Gasteiger partial charge in [0.2, 0.25) is 0 Å². The molecule has 1 radical (unpaired) electrons. The fraction of sp³-hybridized carbons (Fsp3) is 0.333. The molecule has 0 saturated carbocycles. The van der Waals surface area contributed by atoms with Gasteiger partial charge in [-0.15, -0.1) is 11.3 Å². The number of nitrogens with zero attached hydrogens (tertiary/aromatic N) is 3. The van der Waals surface area contributed by atoms with Crippen LogP contribution in [-0.2, 0) is 6.54 Å². The van der Waals surface area contributed by atoms with Crippen molar-refractivity contribution in [3.05, 3.63) is 48.4 Å². The third-order valence-electron chi connectivity index (χ3n) is 4.20. The van der Waals surface area contributed by atoms with Crippen LogP contribution >= 0.6 is 11.3 Å². The van der Waals surface area contributed by atoms with Crippen LogP contribution in [0.15, 0.2) is 36.7 Å². The summed E-state index contributed by atoms with van der Waals surface area (Å²) < 4.78 is 1.03. The molecule has 1 fully saturated rings. The van der Waals surface area contributed by atoms with Gasteiger partial charge in [0, 0.05) is 11.4 Å². The fourth-order valence-corrected chi connectivity index (χ4v) is 4.03. The molecule has 22 heavy (non-hydrogen) atoms. The van der Waals surface area contributed by atoms with Gasteiger partial charge in [0.05, 0.1) is 10.2 Å². The van der Waals surface area contributed by atoms with E-state index in [1.165, 1.54) is 48.4 Å². The van der Waals surface area contributed by atoms with Crippen LogP contribution < -0.4 is 0 Å².